The second kappa shape index (κ2) is 6.63. The number of morpholine rings is 1. The fraction of sp³-hybridized carbons (Fsp3) is 0.812. The molecular formula is C16H27N3OS. The van der Waals surface area contributed by atoms with Gasteiger partial charge in [0.15, 0.2) is 5.13 Å². The first-order valence-electron chi connectivity index (χ1n) is 8.28. The number of ether oxygens (including phenoxy) is 1. The maximum absolute atomic E-state index is 5.84. The molecule has 1 aliphatic carbocycles. The minimum atomic E-state index is 0.295. The molecule has 2 atom stereocenters. The van der Waals surface area contributed by atoms with Gasteiger partial charge < -0.3 is 15.0 Å². The average Bonchev–Trinajstić information content (AvgIpc) is 3.19. The molecule has 21 heavy (non-hydrogen) atoms. The van der Waals surface area contributed by atoms with Crippen LogP contribution in [0.5, 0.6) is 0 Å². The number of nitrogens with zero attached hydrogens (tertiary/aromatic N) is 2. The van der Waals surface area contributed by atoms with Gasteiger partial charge in [0.2, 0.25) is 0 Å². The van der Waals surface area contributed by atoms with Crippen LogP contribution in [0.3, 0.4) is 0 Å². The molecule has 5 heteroatoms. The molecule has 4 nitrogen and oxygen atoms in total. The van der Waals surface area contributed by atoms with Gasteiger partial charge in [-0.15, -0.1) is 11.3 Å². The van der Waals surface area contributed by atoms with Crippen molar-refractivity contribution >= 4 is 16.5 Å². The summed E-state index contributed by atoms with van der Waals surface area (Å²) >= 11 is 1.89. The molecule has 1 aliphatic heterocycles. The van der Waals surface area contributed by atoms with Gasteiger partial charge in [-0.3, -0.25) is 0 Å². The Morgan fingerprint density at radius 1 is 1.29 bits per heavy atom. The Bertz CT molecular complexity index is 462. The zero-order valence-electron chi connectivity index (χ0n) is 13.4. The SMILES string of the molecule is CCCNCc1sc(N2CC(C)OC(C)C2)nc1C1CC1. The smallest absolute Gasteiger partial charge is 0.186 e. The van der Waals surface area contributed by atoms with E-state index in [1.165, 1.54) is 35.0 Å². The standard InChI is InChI=1S/C16H27N3OS/c1-4-7-17-8-14-15(13-5-6-13)18-16(21-14)19-9-11(2)20-12(3)10-19/h11-13,17H,4-10H2,1-3H3. The van der Waals surface area contributed by atoms with Crippen LogP contribution in [0.1, 0.15) is 56.5 Å². The van der Waals surface area contributed by atoms with Crippen LogP contribution in [0.2, 0.25) is 0 Å². The van der Waals surface area contributed by atoms with E-state index in [0.717, 1.165) is 32.1 Å². The van der Waals surface area contributed by atoms with Gasteiger partial charge in [-0.25, -0.2) is 4.98 Å². The topological polar surface area (TPSA) is 37.4 Å². The van der Waals surface area contributed by atoms with Gasteiger partial charge in [-0.05, 0) is 39.7 Å². The van der Waals surface area contributed by atoms with Gasteiger partial charge in [0.1, 0.15) is 0 Å². The summed E-state index contributed by atoms with van der Waals surface area (Å²) in [7, 11) is 0. The van der Waals surface area contributed by atoms with Crippen molar-refractivity contribution in [2.45, 2.75) is 64.7 Å². The van der Waals surface area contributed by atoms with E-state index >= 15 is 0 Å². The Labute approximate surface area is 131 Å². The molecule has 1 N–H and O–H groups in total. The van der Waals surface area contributed by atoms with Crippen molar-refractivity contribution in [2.75, 3.05) is 24.5 Å². The first kappa shape index (κ1) is 15.3. The van der Waals surface area contributed by atoms with E-state index in [9.17, 15) is 0 Å². The second-order valence-corrected chi connectivity index (χ2v) is 7.48. The maximum atomic E-state index is 5.84. The van der Waals surface area contributed by atoms with Crippen molar-refractivity contribution in [1.29, 1.82) is 0 Å². The van der Waals surface area contributed by atoms with Crippen molar-refractivity contribution in [3.63, 3.8) is 0 Å². The van der Waals surface area contributed by atoms with Gasteiger partial charge in [0, 0.05) is 30.4 Å². The van der Waals surface area contributed by atoms with Crippen LogP contribution in [0, 0.1) is 0 Å². The number of nitrogens with one attached hydrogen (secondary N) is 1. The highest BCUT2D eigenvalue weighted by molar-refractivity contribution is 7.15. The molecule has 1 saturated heterocycles. The van der Waals surface area contributed by atoms with Crippen molar-refractivity contribution in [3.8, 4) is 0 Å². The minimum Gasteiger partial charge on any atom is -0.372 e. The molecule has 0 bridgehead atoms. The lowest BCUT2D eigenvalue weighted by Gasteiger charge is -2.35. The summed E-state index contributed by atoms with van der Waals surface area (Å²) < 4.78 is 5.84. The molecule has 2 heterocycles. The van der Waals surface area contributed by atoms with Gasteiger partial charge in [-0.2, -0.15) is 0 Å². The van der Waals surface area contributed by atoms with E-state index in [1.54, 1.807) is 0 Å². The fourth-order valence-electron chi connectivity index (χ4n) is 3.00. The zero-order valence-corrected chi connectivity index (χ0v) is 14.2. The third-order valence-electron chi connectivity index (χ3n) is 4.08. The first-order chi connectivity index (χ1) is 10.2. The fourth-order valence-corrected chi connectivity index (χ4v) is 4.13. The van der Waals surface area contributed by atoms with Crippen molar-refractivity contribution in [3.05, 3.63) is 10.6 Å². The van der Waals surface area contributed by atoms with Gasteiger partial charge in [0.05, 0.1) is 17.9 Å². The summed E-state index contributed by atoms with van der Waals surface area (Å²) in [5.74, 6) is 0.726. The van der Waals surface area contributed by atoms with E-state index in [0.29, 0.717) is 12.2 Å². The Morgan fingerprint density at radius 3 is 2.62 bits per heavy atom. The molecule has 3 rings (SSSR count). The van der Waals surface area contributed by atoms with Crippen molar-refractivity contribution in [1.82, 2.24) is 10.3 Å². The summed E-state index contributed by atoms with van der Waals surface area (Å²) in [6.45, 7) is 10.5. The average molecular weight is 309 g/mol. The number of hydrogen-bond acceptors (Lipinski definition) is 5. The molecule has 0 amide bonds. The molecule has 118 valence electrons. The van der Waals surface area contributed by atoms with Crippen molar-refractivity contribution < 1.29 is 4.74 Å². The van der Waals surface area contributed by atoms with Crippen LogP contribution < -0.4 is 10.2 Å². The predicted molar refractivity (Wildman–Crippen MR) is 88.3 cm³/mol. The Hall–Kier alpha value is -0.650. The molecular weight excluding hydrogens is 282 g/mol. The van der Waals surface area contributed by atoms with E-state index in [4.69, 9.17) is 9.72 Å². The maximum Gasteiger partial charge on any atom is 0.186 e. The largest absolute Gasteiger partial charge is 0.372 e. The summed E-state index contributed by atoms with van der Waals surface area (Å²) in [5.41, 5.74) is 1.37. The number of rotatable bonds is 6. The van der Waals surface area contributed by atoms with Crippen LogP contribution in [-0.4, -0.2) is 36.8 Å². The Kier molecular flexibility index (Phi) is 4.82. The molecule has 0 spiro atoms. The molecule has 1 aromatic rings. The molecule has 1 saturated carbocycles. The van der Waals surface area contributed by atoms with E-state index < -0.39 is 0 Å². The van der Waals surface area contributed by atoms with Gasteiger partial charge >= 0.3 is 0 Å². The number of aromatic nitrogens is 1. The van der Waals surface area contributed by atoms with Crippen LogP contribution in [0.25, 0.3) is 0 Å². The zero-order chi connectivity index (χ0) is 14.8. The molecule has 2 unspecified atom stereocenters. The second-order valence-electron chi connectivity index (χ2n) is 6.42. The van der Waals surface area contributed by atoms with E-state index in [-0.39, 0.29) is 0 Å². The van der Waals surface area contributed by atoms with Crippen LogP contribution in [0.15, 0.2) is 0 Å². The lowest BCUT2D eigenvalue weighted by molar-refractivity contribution is -0.00523. The van der Waals surface area contributed by atoms with Crippen molar-refractivity contribution in [2.24, 2.45) is 0 Å². The van der Waals surface area contributed by atoms with Crippen LogP contribution in [-0.2, 0) is 11.3 Å². The Morgan fingerprint density at radius 2 is 2.00 bits per heavy atom. The molecule has 2 aliphatic rings. The minimum absolute atomic E-state index is 0.295. The summed E-state index contributed by atoms with van der Waals surface area (Å²) in [5, 5.41) is 4.74. The summed E-state index contributed by atoms with van der Waals surface area (Å²) in [4.78, 5) is 8.86. The molecule has 2 fully saturated rings. The molecule has 0 radical (unpaired) electrons. The van der Waals surface area contributed by atoms with Crippen LogP contribution in [0.4, 0.5) is 5.13 Å². The third kappa shape index (κ3) is 3.76. The van der Waals surface area contributed by atoms with Gasteiger partial charge in [0.25, 0.3) is 0 Å². The summed E-state index contributed by atoms with van der Waals surface area (Å²) in [6.07, 6.45) is 4.41. The number of thiazole rings is 1. The lowest BCUT2D eigenvalue weighted by Crippen LogP contribution is -2.45. The first-order valence-corrected chi connectivity index (χ1v) is 9.09. The molecule has 1 aromatic heterocycles. The summed E-state index contributed by atoms with van der Waals surface area (Å²) in [6, 6.07) is 0. The van der Waals surface area contributed by atoms with E-state index in [2.05, 4.69) is 31.0 Å². The van der Waals surface area contributed by atoms with Crippen LogP contribution >= 0.6 is 11.3 Å². The quantitative estimate of drug-likeness (QED) is 0.819. The number of hydrogen-bond donors (Lipinski definition) is 1. The normalized spacial score (nSPS) is 26.3. The van der Waals surface area contributed by atoms with Gasteiger partial charge in [-0.1, -0.05) is 6.92 Å². The Balaban J connectivity index is 1.74. The highest BCUT2D eigenvalue weighted by atomic mass is 32.1. The van der Waals surface area contributed by atoms with E-state index in [1.807, 2.05) is 11.3 Å². The highest BCUT2D eigenvalue weighted by Crippen LogP contribution is 2.44. The highest BCUT2D eigenvalue weighted by Gasteiger charge is 2.31. The monoisotopic (exact) mass is 309 g/mol. The molecule has 0 aromatic carbocycles. The predicted octanol–water partition coefficient (Wildman–Crippen LogP) is 3.13. The number of anilines is 1. The lowest BCUT2D eigenvalue weighted by atomic mass is 10.2. The third-order valence-corrected chi connectivity index (χ3v) is 5.21.